The number of nitro groups is 1. The van der Waals surface area contributed by atoms with Gasteiger partial charge in [0.25, 0.3) is 5.69 Å². The van der Waals surface area contributed by atoms with E-state index in [1.807, 2.05) is 37.3 Å². The zero-order chi connectivity index (χ0) is 29.3. The number of halogens is 1. The van der Waals surface area contributed by atoms with Gasteiger partial charge in [-0.1, -0.05) is 67.1 Å². The van der Waals surface area contributed by atoms with E-state index in [1.165, 1.54) is 23.1 Å². The second kappa shape index (κ2) is 13.9. The zero-order valence-electron chi connectivity index (χ0n) is 22.2. The van der Waals surface area contributed by atoms with Crippen LogP contribution < -0.4 is 9.62 Å². The van der Waals surface area contributed by atoms with Crippen LogP contribution in [0.2, 0.25) is 5.02 Å². The second-order valence-electron chi connectivity index (χ2n) is 9.19. The summed E-state index contributed by atoms with van der Waals surface area (Å²) in [6.45, 7) is 1.60. The fraction of sp³-hybridized carbons (Fsp3) is 0.286. The average molecular weight is 587 g/mol. The first kappa shape index (κ1) is 30.6. The Morgan fingerprint density at radius 1 is 1.00 bits per heavy atom. The number of nitro benzene ring substituents is 1. The first-order valence-electron chi connectivity index (χ1n) is 12.6. The number of carbonyl (C=O) groups is 2. The minimum absolute atomic E-state index is 0.0248. The monoisotopic (exact) mass is 586 g/mol. The van der Waals surface area contributed by atoms with Crippen molar-refractivity contribution in [3.63, 3.8) is 0 Å². The molecule has 0 aliphatic rings. The van der Waals surface area contributed by atoms with Crippen molar-refractivity contribution in [3.05, 3.63) is 105 Å². The van der Waals surface area contributed by atoms with Crippen LogP contribution in [0.5, 0.6) is 0 Å². The van der Waals surface area contributed by atoms with Crippen LogP contribution >= 0.6 is 11.6 Å². The molecule has 0 bridgehead atoms. The van der Waals surface area contributed by atoms with Gasteiger partial charge in [-0.15, -0.1) is 0 Å². The minimum Gasteiger partial charge on any atom is -0.354 e. The van der Waals surface area contributed by atoms with Gasteiger partial charge >= 0.3 is 0 Å². The molecule has 12 heteroatoms. The predicted octanol–water partition coefficient (Wildman–Crippen LogP) is 4.18. The Bertz CT molecular complexity index is 1450. The Labute approximate surface area is 238 Å². The van der Waals surface area contributed by atoms with Crippen LogP contribution in [0.1, 0.15) is 24.5 Å². The summed E-state index contributed by atoms with van der Waals surface area (Å²) in [7, 11) is -4.05. The number of sulfonamides is 1. The van der Waals surface area contributed by atoms with E-state index in [2.05, 4.69) is 5.32 Å². The standard InChI is InChI=1S/C28H31ClN4O6S/c1-3-15-30-28(35)26(17-21-9-5-4-6-10-21)31(19-22-11-7-12-23(29)16-22)27(34)20-32(40(2,38)39)24-13-8-14-25(18-24)33(36)37/h4-14,16,18,26H,3,15,17,19-20H2,1-2H3,(H,30,35). The van der Waals surface area contributed by atoms with Crippen LogP contribution in [-0.2, 0) is 32.6 Å². The highest BCUT2D eigenvalue weighted by Crippen LogP contribution is 2.24. The smallest absolute Gasteiger partial charge is 0.271 e. The molecule has 0 saturated carbocycles. The van der Waals surface area contributed by atoms with Crippen molar-refractivity contribution >= 4 is 44.8 Å². The molecule has 1 N–H and O–H groups in total. The maximum absolute atomic E-state index is 14.0. The third kappa shape index (κ3) is 8.52. The molecule has 3 aromatic carbocycles. The first-order chi connectivity index (χ1) is 19.0. The predicted molar refractivity (Wildman–Crippen MR) is 155 cm³/mol. The fourth-order valence-electron chi connectivity index (χ4n) is 4.13. The number of benzene rings is 3. The largest absolute Gasteiger partial charge is 0.354 e. The molecule has 1 atom stereocenters. The number of hydrogen-bond acceptors (Lipinski definition) is 6. The van der Waals surface area contributed by atoms with Crippen LogP contribution in [0.4, 0.5) is 11.4 Å². The summed E-state index contributed by atoms with van der Waals surface area (Å²) >= 11 is 6.19. The summed E-state index contributed by atoms with van der Waals surface area (Å²) in [5.74, 6) is -1.05. The summed E-state index contributed by atoms with van der Waals surface area (Å²) < 4.78 is 26.4. The molecule has 0 fully saturated rings. The van der Waals surface area contributed by atoms with E-state index >= 15 is 0 Å². The molecular formula is C28H31ClN4O6S. The summed E-state index contributed by atoms with van der Waals surface area (Å²) in [6, 6.07) is 20.0. The molecule has 10 nitrogen and oxygen atoms in total. The molecule has 1 unspecified atom stereocenters. The lowest BCUT2D eigenvalue weighted by atomic mass is 10.0. The number of hydrogen-bond donors (Lipinski definition) is 1. The maximum atomic E-state index is 14.0. The number of nitrogens with zero attached hydrogens (tertiary/aromatic N) is 3. The molecule has 3 rings (SSSR count). The lowest BCUT2D eigenvalue weighted by Gasteiger charge is -2.33. The Morgan fingerprint density at radius 3 is 2.30 bits per heavy atom. The molecule has 212 valence electrons. The van der Waals surface area contributed by atoms with Crippen molar-refractivity contribution in [2.75, 3.05) is 23.7 Å². The van der Waals surface area contributed by atoms with Crippen LogP contribution in [0.3, 0.4) is 0 Å². The molecule has 3 aromatic rings. The van der Waals surface area contributed by atoms with E-state index in [-0.39, 0.29) is 30.2 Å². The van der Waals surface area contributed by atoms with Gasteiger partial charge in [-0.25, -0.2) is 8.42 Å². The van der Waals surface area contributed by atoms with Crippen molar-refractivity contribution in [1.29, 1.82) is 0 Å². The third-order valence-electron chi connectivity index (χ3n) is 6.07. The van der Waals surface area contributed by atoms with Crippen molar-refractivity contribution in [2.45, 2.75) is 32.4 Å². The quantitative estimate of drug-likeness (QED) is 0.236. The van der Waals surface area contributed by atoms with Gasteiger partial charge in [0.05, 0.1) is 16.9 Å². The Morgan fingerprint density at radius 2 is 1.68 bits per heavy atom. The van der Waals surface area contributed by atoms with Gasteiger partial charge < -0.3 is 10.2 Å². The van der Waals surface area contributed by atoms with Crippen molar-refractivity contribution < 1.29 is 22.9 Å². The normalized spacial score (nSPS) is 11.9. The van der Waals surface area contributed by atoms with Crippen molar-refractivity contribution in [1.82, 2.24) is 10.2 Å². The second-order valence-corrected chi connectivity index (χ2v) is 11.5. The van der Waals surface area contributed by atoms with Crippen LogP contribution in [0.15, 0.2) is 78.9 Å². The van der Waals surface area contributed by atoms with Gasteiger partial charge in [0.15, 0.2) is 0 Å². The van der Waals surface area contributed by atoms with Crippen molar-refractivity contribution in [3.8, 4) is 0 Å². The molecule has 40 heavy (non-hydrogen) atoms. The molecule has 0 aliphatic carbocycles. The Balaban J connectivity index is 2.06. The van der Waals surface area contributed by atoms with Crippen LogP contribution in [-0.4, -0.2) is 55.4 Å². The van der Waals surface area contributed by atoms with E-state index in [0.29, 0.717) is 23.6 Å². The van der Waals surface area contributed by atoms with Crippen LogP contribution in [0.25, 0.3) is 0 Å². The highest BCUT2D eigenvalue weighted by molar-refractivity contribution is 7.92. The van der Waals surface area contributed by atoms with E-state index in [9.17, 15) is 28.1 Å². The lowest BCUT2D eigenvalue weighted by molar-refractivity contribution is -0.384. The summed E-state index contributed by atoms with van der Waals surface area (Å²) in [6.07, 6.45) is 1.77. The number of rotatable bonds is 13. The van der Waals surface area contributed by atoms with Gasteiger partial charge in [0.2, 0.25) is 21.8 Å². The number of amides is 2. The number of nitrogens with one attached hydrogen (secondary N) is 1. The van der Waals surface area contributed by atoms with Gasteiger partial charge in [0, 0.05) is 36.7 Å². The third-order valence-corrected chi connectivity index (χ3v) is 7.45. The van der Waals surface area contributed by atoms with E-state index < -0.39 is 33.4 Å². The minimum atomic E-state index is -4.05. The maximum Gasteiger partial charge on any atom is 0.271 e. The fourth-order valence-corrected chi connectivity index (χ4v) is 5.18. The first-order valence-corrected chi connectivity index (χ1v) is 14.8. The average Bonchev–Trinajstić information content (AvgIpc) is 2.92. The zero-order valence-corrected chi connectivity index (χ0v) is 23.8. The summed E-state index contributed by atoms with van der Waals surface area (Å²) in [5.41, 5.74) is 1.09. The van der Waals surface area contributed by atoms with Gasteiger partial charge in [-0.3, -0.25) is 24.0 Å². The molecule has 0 spiro atoms. The topological polar surface area (TPSA) is 130 Å². The molecule has 2 amide bonds. The van der Waals surface area contributed by atoms with E-state index in [1.54, 1.807) is 24.3 Å². The summed E-state index contributed by atoms with van der Waals surface area (Å²) in [4.78, 5) is 39.4. The highest BCUT2D eigenvalue weighted by Gasteiger charge is 2.33. The SMILES string of the molecule is CCCNC(=O)C(Cc1ccccc1)N(Cc1cccc(Cl)c1)C(=O)CN(c1cccc([N+](=O)[O-])c1)S(C)(=O)=O. The molecule has 0 aliphatic heterocycles. The van der Waals surface area contributed by atoms with Crippen LogP contribution in [0, 0.1) is 10.1 Å². The Hall–Kier alpha value is -3.96. The number of carbonyl (C=O) groups excluding carboxylic acids is 2. The Kier molecular flexibility index (Phi) is 10.6. The van der Waals surface area contributed by atoms with E-state index in [4.69, 9.17) is 11.6 Å². The molecular weight excluding hydrogens is 556 g/mol. The van der Waals surface area contributed by atoms with Gasteiger partial charge in [-0.2, -0.15) is 0 Å². The molecule has 0 heterocycles. The van der Waals surface area contributed by atoms with Crippen molar-refractivity contribution in [2.24, 2.45) is 0 Å². The lowest BCUT2D eigenvalue weighted by Crippen LogP contribution is -2.53. The molecule has 0 radical (unpaired) electrons. The molecule has 0 saturated heterocycles. The number of anilines is 1. The highest BCUT2D eigenvalue weighted by atomic mass is 35.5. The van der Waals surface area contributed by atoms with Gasteiger partial charge in [-0.05, 0) is 35.7 Å². The van der Waals surface area contributed by atoms with E-state index in [0.717, 1.165) is 22.2 Å². The summed E-state index contributed by atoms with van der Waals surface area (Å²) in [5, 5.41) is 14.6. The number of non-ortho nitro benzene ring substituents is 1. The van der Waals surface area contributed by atoms with Gasteiger partial charge in [0.1, 0.15) is 12.6 Å². The molecule has 0 aromatic heterocycles.